The lowest BCUT2D eigenvalue weighted by atomic mass is 10.2. The molecule has 0 saturated carbocycles. The van der Waals surface area contributed by atoms with Crippen molar-refractivity contribution in [2.24, 2.45) is 0 Å². The standard InChI is InChI=1S/C11H10N4OS/c16-11-8-9(14-6-1-4-12-14)2-3-10(11)15-13-5-7-17-15/h1-8,13,16H. The highest BCUT2D eigenvalue weighted by atomic mass is 32.2. The first-order valence-corrected chi connectivity index (χ1v) is 5.89. The molecule has 0 radical (unpaired) electrons. The molecule has 0 amide bonds. The second kappa shape index (κ2) is 4.06. The Hall–Kier alpha value is -2.08. The summed E-state index contributed by atoms with van der Waals surface area (Å²) in [7, 11) is 0. The van der Waals surface area contributed by atoms with Gasteiger partial charge in [0.2, 0.25) is 0 Å². The van der Waals surface area contributed by atoms with Gasteiger partial charge in [-0.15, -0.1) is 0 Å². The molecule has 6 heteroatoms. The minimum absolute atomic E-state index is 0.210. The monoisotopic (exact) mass is 246 g/mol. The SMILES string of the molecule is Oc1cc(-n2cccn2)ccc1N1NC=CS1. The van der Waals surface area contributed by atoms with Gasteiger partial charge in [0.25, 0.3) is 0 Å². The van der Waals surface area contributed by atoms with E-state index in [9.17, 15) is 5.11 Å². The number of hydrogen-bond donors (Lipinski definition) is 2. The summed E-state index contributed by atoms with van der Waals surface area (Å²) in [5.74, 6) is 0.210. The molecule has 86 valence electrons. The summed E-state index contributed by atoms with van der Waals surface area (Å²) in [6.07, 6.45) is 5.34. The van der Waals surface area contributed by atoms with Gasteiger partial charge in [0.1, 0.15) is 11.4 Å². The number of benzene rings is 1. The van der Waals surface area contributed by atoms with E-state index in [2.05, 4.69) is 10.5 Å². The number of hydrazine groups is 1. The number of phenolic OH excluding ortho intramolecular Hbond substituents is 1. The fourth-order valence-corrected chi connectivity index (χ4v) is 2.23. The van der Waals surface area contributed by atoms with Crippen LogP contribution < -0.4 is 9.84 Å². The van der Waals surface area contributed by atoms with Crippen LogP contribution in [0.2, 0.25) is 0 Å². The smallest absolute Gasteiger partial charge is 0.143 e. The van der Waals surface area contributed by atoms with E-state index in [-0.39, 0.29) is 5.75 Å². The third kappa shape index (κ3) is 1.83. The summed E-state index contributed by atoms with van der Waals surface area (Å²) in [6.45, 7) is 0. The number of hydrogen-bond acceptors (Lipinski definition) is 5. The Bertz CT molecular complexity index is 545. The number of aromatic nitrogens is 2. The third-order valence-electron chi connectivity index (χ3n) is 2.37. The first kappa shape index (κ1) is 10.1. The maximum atomic E-state index is 9.99. The fourth-order valence-electron chi connectivity index (χ4n) is 1.59. The summed E-state index contributed by atoms with van der Waals surface area (Å²) < 4.78 is 3.48. The van der Waals surface area contributed by atoms with E-state index in [1.165, 1.54) is 11.9 Å². The van der Waals surface area contributed by atoms with Gasteiger partial charge in [-0.2, -0.15) is 5.10 Å². The highest BCUT2D eigenvalue weighted by Crippen LogP contribution is 2.33. The molecular weight excluding hydrogens is 236 g/mol. The number of anilines is 1. The zero-order valence-corrected chi connectivity index (χ0v) is 9.63. The number of phenols is 1. The van der Waals surface area contributed by atoms with Crippen LogP contribution in [-0.2, 0) is 0 Å². The lowest BCUT2D eigenvalue weighted by molar-refractivity contribution is 0.475. The average molecular weight is 246 g/mol. The van der Waals surface area contributed by atoms with Gasteiger partial charge in [-0.05, 0) is 18.2 Å². The number of aromatic hydroxyl groups is 1. The molecule has 0 bridgehead atoms. The first-order chi connectivity index (χ1) is 8.34. The molecule has 0 saturated heterocycles. The highest BCUT2D eigenvalue weighted by Gasteiger charge is 2.13. The van der Waals surface area contributed by atoms with Crippen molar-refractivity contribution in [2.75, 3.05) is 4.41 Å². The van der Waals surface area contributed by atoms with Gasteiger partial charge in [0.15, 0.2) is 0 Å². The quantitative estimate of drug-likeness (QED) is 0.794. The Kier molecular flexibility index (Phi) is 2.41. The average Bonchev–Trinajstić information content (AvgIpc) is 3.02. The van der Waals surface area contributed by atoms with Gasteiger partial charge >= 0.3 is 0 Å². The number of rotatable bonds is 2. The lowest BCUT2D eigenvalue weighted by Gasteiger charge is -2.18. The molecule has 1 aromatic carbocycles. The van der Waals surface area contributed by atoms with Gasteiger partial charge in [0, 0.05) is 42.0 Å². The molecule has 3 rings (SSSR count). The summed E-state index contributed by atoms with van der Waals surface area (Å²) >= 11 is 1.47. The van der Waals surface area contributed by atoms with Crippen LogP contribution >= 0.6 is 11.9 Å². The fraction of sp³-hybridized carbons (Fsp3) is 0. The highest BCUT2D eigenvalue weighted by molar-refractivity contribution is 8.03. The van der Waals surface area contributed by atoms with E-state index < -0.39 is 0 Å². The van der Waals surface area contributed by atoms with E-state index in [1.54, 1.807) is 21.4 Å². The molecule has 2 aromatic rings. The Labute approximate surface area is 102 Å². The molecular formula is C11H10N4OS. The molecule has 0 fully saturated rings. The van der Waals surface area contributed by atoms with E-state index in [4.69, 9.17) is 0 Å². The van der Waals surface area contributed by atoms with E-state index >= 15 is 0 Å². The van der Waals surface area contributed by atoms with Crippen LogP contribution in [0.3, 0.4) is 0 Å². The molecule has 0 atom stereocenters. The van der Waals surface area contributed by atoms with Crippen LogP contribution in [0.4, 0.5) is 5.69 Å². The molecule has 2 heterocycles. The predicted octanol–water partition coefficient (Wildman–Crippen LogP) is 2.02. The molecule has 0 unspecified atom stereocenters. The van der Waals surface area contributed by atoms with E-state index in [0.29, 0.717) is 0 Å². The van der Waals surface area contributed by atoms with Gasteiger partial charge in [0.05, 0.1) is 5.69 Å². The van der Waals surface area contributed by atoms with Crippen LogP contribution in [-0.4, -0.2) is 14.9 Å². The Morgan fingerprint density at radius 1 is 1.35 bits per heavy atom. The van der Waals surface area contributed by atoms with E-state index in [0.717, 1.165) is 11.4 Å². The molecule has 0 spiro atoms. The molecule has 1 aromatic heterocycles. The van der Waals surface area contributed by atoms with Crippen LogP contribution in [0.25, 0.3) is 5.69 Å². The molecule has 5 nitrogen and oxygen atoms in total. The summed E-state index contributed by atoms with van der Waals surface area (Å²) in [4.78, 5) is 0. The zero-order chi connectivity index (χ0) is 11.7. The summed E-state index contributed by atoms with van der Waals surface area (Å²) in [5.41, 5.74) is 4.55. The number of nitrogens with zero attached hydrogens (tertiary/aromatic N) is 3. The summed E-state index contributed by atoms with van der Waals surface area (Å²) in [6, 6.07) is 7.28. The third-order valence-corrected chi connectivity index (χ3v) is 3.14. The van der Waals surface area contributed by atoms with Crippen molar-refractivity contribution in [3.8, 4) is 11.4 Å². The van der Waals surface area contributed by atoms with Crippen molar-refractivity contribution in [3.05, 3.63) is 48.3 Å². The predicted molar refractivity (Wildman–Crippen MR) is 67.6 cm³/mol. The largest absolute Gasteiger partial charge is 0.506 e. The first-order valence-electron chi connectivity index (χ1n) is 5.06. The van der Waals surface area contributed by atoms with Crippen molar-refractivity contribution in [1.29, 1.82) is 0 Å². The van der Waals surface area contributed by atoms with E-state index in [1.807, 2.05) is 36.0 Å². The Morgan fingerprint density at radius 3 is 2.94 bits per heavy atom. The normalized spacial score (nSPS) is 14.0. The lowest BCUT2D eigenvalue weighted by Crippen LogP contribution is -2.22. The molecule has 1 aliphatic heterocycles. The molecule has 2 N–H and O–H groups in total. The zero-order valence-electron chi connectivity index (χ0n) is 8.82. The van der Waals surface area contributed by atoms with Crippen LogP contribution in [0.1, 0.15) is 0 Å². The van der Waals surface area contributed by atoms with Gasteiger partial charge in [-0.25, -0.2) is 9.10 Å². The Morgan fingerprint density at radius 2 is 2.29 bits per heavy atom. The van der Waals surface area contributed by atoms with Crippen LogP contribution in [0.15, 0.2) is 48.3 Å². The number of nitrogens with one attached hydrogen (secondary N) is 1. The maximum absolute atomic E-state index is 9.99. The maximum Gasteiger partial charge on any atom is 0.143 e. The second-order valence-electron chi connectivity index (χ2n) is 3.46. The molecule has 1 aliphatic rings. The van der Waals surface area contributed by atoms with Crippen molar-refractivity contribution >= 4 is 17.6 Å². The van der Waals surface area contributed by atoms with Crippen molar-refractivity contribution in [3.63, 3.8) is 0 Å². The van der Waals surface area contributed by atoms with Crippen molar-refractivity contribution in [2.45, 2.75) is 0 Å². The summed E-state index contributed by atoms with van der Waals surface area (Å²) in [5, 5.41) is 16.0. The minimum atomic E-state index is 0.210. The van der Waals surface area contributed by atoms with Crippen molar-refractivity contribution in [1.82, 2.24) is 15.2 Å². The van der Waals surface area contributed by atoms with Crippen LogP contribution in [0, 0.1) is 0 Å². The minimum Gasteiger partial charge on any atom is -0.506 e. The second-order valence-corrected chi connectivity index (χ2v) is 4.30. The van der Waals surface area contributed by atoms with Gasteiger partial charge in [-0.3, -0.25) is 5.43 Å². The molecule has 0 aliphatic carbocycles. The van der Waals surface area contributed by atoms with Gasteiger partial charge in [-0.1, -0.05) is 0 Å². The molecule has 17 heavy (non-hydrogen) atoms. The van der Waals surface area contributed by atoms with Gasteiger partial charge < -0.3 is 5.11 Å². The Balaban J connectivity index is 1.94. The van der Waals surface area contributed by atoms with Crippen molar-refractivity contribution < 1.29 is 5.11 Å². The topological polar surface area (TPSA) is 53.3 Å². The van der Waals surface area contributed by atoms with Crippen LogP contribution in [0.5, 0.6) is 5.75 Å².